The van der Waals surface area contributed by atoms with Gasteiger partial charge in [0.15, 0.2) is 6.20 Å². The molecule has 0 radical (unpaired) electrons. The maximum atomic E-state index is 15.4. The summed E-state index contributed by atoms with van der Waals surface area (Å²) < 4.78 is 24.1. The molecule has 35 heavy (non-hydrogen) atoms. The number of pyridine rings is 1. The number of fused-ring (bicyclic) bond motifs is 3. The minimum absolute atomic E-state index is 0.291. The highest BCUT2D eigenvalue weighted by Crippen LogP contribution is 2.42. The molecule has 4 aromatic carbocycles. The first-order valence-electron chi connectivity index (χ1n) is 11.8. The lowest BCUT2D eigenvalue weighted by Crippen LogP contribution is -2.30. The van der Waals surface area contributed by atoms with Crippen LogP contribution in [-0.4, -0.2) is 0 Å². The van der Waals surface area contributed by atoms with Crippen LogP contribution in [0.2, 0.25) is 0 Å². The van der Waals surface area contributed by atoms with Crippen LogP contribution >= 0.6 is 0 Å². The summed E-state index contributed by atoms with van der Waals surface area (Å²) in [6.07, 6.45) is 2.06. The normalized spacial score (nSPS) is 11.4. The van der Waals surface area contributed by atoms with Gasteiger partial charge in [-0.3, -0.25) is 0 Å². The van der Waals surface area contributed by atoms with Crippen molar-refractivity contribution in [2.24, 2.45) is 7.05 Å². The SMILES string of the molecule is Cc1cc[n+](C)c(-c2c(C)ccc3c2oc2c(-c4cccc(-c5ccccc5)c4)c(F)ccc23)c1. The first kappa shape index (κ1) is 21.3. The summed E-state index contributed by atoms with van der Waals surface area (Å²) in [6, 6.07) is 30.0. The molecule has 2 nitrogen and oxygen atoms in total. The maximum Gasteiger partial charge on any atom is 0.216 e. The molecule has 0 spiro atoms. The lowest BCUT2D eigenvalue weighted by Gasteiger charge is -2.08. The van der Waals surface area contributed by atoms with E-state index in [1.165, 1.54) is 5.56 Å². The van der Waals surface area contributed by atoms with E-state index in [1.54, 1.807) is 6.07 Å². The molecule has 170 valence electrons. The molecule has 3 heteroatoms. The highest BCUT2D eigenvalue weighted by molar-refractivity contribution is 6.13. The maximum absolute atomic E-state index is 15.4. The van der Waals surface area contributed by atoms with Crippen LogP contribution in [0.4, 0.5) is 4.39 Å². The number of hydrogen-bond acceptors (Lipinski definition) is 1. The third-order valence-corrected chi connectivity index (χ3v) is 6.79. The van der Waals surface area contributed by atoms with E-state index in [0.717, 1.165) is 49.9 Å². The Morgan fingerprint density at radius 2 is 1.34 bits per heavy atom. The van der Waals surface area contributed by atoms with E-state index in [0.29, 0.717) is 11.1 Å². The van der Waals surface area contributed by atoms with E-state index in [2.05, 4.69) is 67.1 Å². The quantitative estimate of drug-likeness (QED) is 0.244. The minimum Gasteiger partial charge on any atom is -0.454 e. The average molecular weight is 459 g/mol. The topological polar surface area (TPSA) is 17.0 Å². The zero-order chi connectivity index (χ0) is 24.1. The van der Waals surface area contributed by atoms with Crippen molar-refractivity contribution in [3.63, 3.8) is 0 Å². The summed E-state index contributed by atoms with van der Waals surface area (Å²) in [6.45, 7) is 4.18. The zero-order valence-electron chi connectivity index (χ0n) is 20.0. The van der Waals surface area contributed by atoms with Crippen LogP contribution in [-0.2, 0) is 7.05 Å². The average Bonchev–Trinajstić information content (AvgIpc) is 3.24. The van der Waals surface area contributed by atoms with Crippen LogP contribution in [0.3, 0.4) is 0 Å². The van der Waals surface area contributed by atoms with Crippen LogP contribution in [0, 0.1) is 19.7 Å². The zero-order valence-corrected chi connectivity index (χ0v) is 20.0. The van der Waals surface area contributed by atoms with Crippen LogP contribution in [0.15, 0.2) is 102 Å². The second-order valence-corrected chi connectivity index (χ2v) is 9.18. The molecule has 0 atom stereocenters. The van der Waals surface area contributed by atoms with Gasteiger partial charge >= 0.3 is 0 Å². The van der Waals surface area contributed by atoms with Gasteiger partial charge in [-0.15, -0.1) is 0 Å². The first-order chi connectivity index (χ1) is 17.0. The Morgan fingerprint density at radius 3 is 2.14 bits per heavy atom. The van der Waals surface area contributed by atoms with Gasteiger partial charge < -0.3 is 4.42 Å². The summed E-state index contributed by atoms with van der Waals surface area (Å²) in [5.74, 6) is -0.291. The highest BCUT2D eigenvalue weighted by Gasteiger charge is 2.23. The van der Waals surface area contributed by atoms with Crippen LogP contribution < -0.4 is 4.57 Å². The lowest BCUT2D eigenvalue weighted by atomic mass is 9.96. The third-order valence-electron chi connectivity index (χ3n) is 6.79. The van der Waals surface area contributed by atoms with Crippen LogP contribution in [0.25, 0.3) is 55.4 Å². The van der Waals surface area contributed by atoms with Gasteiger partial charge in [-0.25, -0.2) is 8.96 Å². The molecule has 6 rings (SSSR count). The van der Waals surface area contributed by atoms with Crippen molar-refractivity contribution in [2.45, 2.75) is 13.8 Å². The Hall–Kier alpha value is -4.24. The molecule has 2 heterocycles. The number of rotatable bonds is 3. The summed E-state index contributed by atoms with van der Waals surface area (Å²) in [4.78, 5) is 0. The molecule has 0 aliphatic heterocycles. The van der Waals surface area contributed by atoms with E-state index in [1.807, 2.05) is 49.5 Å². The Kier molecular flexibility index (Phi) is 5.00. The summed E-state index contributed by atoms with van der Waals surface area (Å²) in [5, 5.41) is 1.90. The van der Waals surface area contributed by atoms with Gasteiger partial charge in [0.2, 0.25) is 5.69 Å². The van der Waals surface area contributed by atoms with Gasteiger partial charge in [0.1, 0.15) is 24.0 Å². The second kappa shape index (κ2) is 8.21. The summed E-state index contributed by atoms with van der Waals surface area (Å²) in [5.41, 5.74) is 9.19. The lowest BCUT2D eigenvalue weighted by molar-refractivity contribution is -0.660. The van der Waals surface area contributed by atoms with Crippen molar-refractivity contribution in [2.75, 3.05) is 0 Å². The van der Waals surface area contributed by atoms with Crippen LogP contribution in [0.5, 0.6) is 0 Å². The fourth-order valence-corrected chi connectivity index (χ4v) is 4.97. The molecule has 0 bridgehead atoms. The minimum atomic E-state index is -0.291. The van der Waals surface area contributed by atoms with Gasteiger partial charge in [-0.05, 0) is 59.9 Å². The van der Waals surface area contributed by atoms with Crippen molar-refractivity contribution >= 4 is 21.9 Å². The Balaban J connectivity index is 1.64. The Morgan fingerprint density at radius 1 is 0.657 bits per heavy atom. The fourth-order valence-electron chi connectivity index (χ4n) is 4.97. The monoisotopic (exact) mass is 458 g/mol. The molecule has 0 N–H and O–H groups in total. The summed E-state index contributed by atoms with van der Waals surface area (Å²) >= 11 is 0. The molecule has 0 amide bonds. The molecule has 0 unspecified atom stereocenters. The number of halogens is 1. The number of benzene rings is 4. The number of furan rings is 1. The molecule has 0 saturated carbocycles. The molecular weight excluding hydrogens is 433 g/mol. The molecule has 0 aliphatic rings. The van der Waals surface area contributed by atoms with Gasteiger partial charge in [-0.2, -0.15) is 0 Å². The van der Waals surface area contributed by atoms with E-state index in [-0.39, 0.29) is 5.82 Å². The van der Waals surface area contributed by atoms with Crippen molar-refractivity contribution in [1.29, 1.82) is 0 Å². The van der Waals surface area contributed by atoms with Crippen molar-refractivity contribution in [1.82, 2.24) is 0 Å². The van der Waals surface area contributed by atoms with Crippen molar-refractivity contribution in [3.8, 4) is 33.5 Å². The van der Waals surface area contributed by atoms with E-state index < -0.39 is 0 Å². The predicted molar refractivity (Wildman–Crippen MR) is 141 cm³/mol. The molecule has 0 saturated heterocycles. The second-order valence-electron chi connectivity index (χ2n) is 9.18. The Labute approximate surface area is 203 Å². The molecule has 6 aromatic rings. The first-order valence-corrected chi connectivity index (χ1v) is 11.8. The van der Waals surface area contributed by atoms with Gasteiger partial charge in [0.05, 0.1) is 11.1 Å². The number of hydrogen-bond donors (Lipinski definition) is 0. The van der Waals surface area contributed by atoms with Crippen LogP contribution in [0.1, 0.15) is 11.1 Å². The largest absolute Gasteiger partial charge is 0.454 e. The molecular formula is C32H25FNO+. The van der Waals surface area contributed by atoms with Crippen molar-refractivity contribution < 1.29 is 13.4 Å². The highest BCUT2D eigenvalue weighted by atomic mass is 19.1. The van der Waals surface area contributed by atoms with E-state index in [4.69, 9.17) is 4.42 Å². The molecule has 0 fully saturated rings. The number of aryl methyl sites for hydroxylation is 3. The summed E-state index contributed by atoms with van der Waals surface area (Å²) in [7, 11) is 2.04. The molecule has 0 aliphatic carbocycles. The van der Waals surface area contributed by atoms with Gasteiger partial charge in [0.25, 0.3) is 0 Å². The van der Waals surface area contributed by atoms with Gasteiger partial charge in [0, 0.05) is 22.9 Å². The third kappa shape index (κ3) is 3.52. The molecule has 2 aromatic heterocycles. The predicted octanol–water partition coefficient (Wildman–Crippen LogP) is 8.17. The van der Waals surface area contributed by atoms with Gasteiger partial charge in [-0.1, -0.05) is 60.7 Å². The standard InChI is InChI=1S/C32H25FNO/c1-20-16-17-34(3)28(18-20)29-21(2)12-13-25-26-14-15-27(33)30(32(26)35-31(25)29)24-11-7-10-23(19-24)22-8-5-4-6-9-22/h4-19H,1-3H3/q+1. The van der Waals surface area contributed by atoms with Crippen molar-refractivity contribution in [3.05, 3.63) is 114 Å². The Bertz CT molecular complexity index is 1730. The number of aromatic nitrogens is 1. The smallest absolute Gasteiger partial charge is 0.216 e. The van der Waals surface area contributed by atoms with E-state index >= 15 is 4.39 Å². The number of nitrogens with zero attached hydrogens (tertiary/aromatic N) is 1. The fraction of sp³-hybridized carbons (Fsp3) is 0.0938. The van der Waals surface area contributed by atoms with E-state index in [9.17, 15) is 0 Å².